The van der Waals surface area contributed by atoms with Gasteiger partial charge in [0.25, 0.3) is 0 Å². The molecule has 3 N–H and O–H groups in total. The number of amides is 1. The summed E-state index contributed by atoms with van der Waals surface area (Å²) in [5.41, 5.74) is 3.15. The molecule has 5 nitrogen and oxygen atoms in total. The summed E-state index contributed by atoms with van der Waals surface area (Å²) in [6.07, 6.45) is 4.04. The number of unbranched alkanes of at least 4 members (excludes halogenated alkanes) is 3. The van der Waals surface area contributed by atoms with Gasteiger partial charge in [0.1, 0.15) is 0 Å². The van der Waals surface area contributed by atoms with E-state index in [1.54, 1.807) is 0 Å². The van der Waals surface area contributed by atoms with Crippen LogP contribution in [0.15, 0.2) is 24.3 Å². The molecule has 2 aromatic rings. The summed E-state index contributed by atoms with van der Waals surface area (Å²) < 4.78 is 0. The van der Waals surface area contributed by atoms with E-state index in [0.717, 1.165) is 41.4 Å². The molecule has 0 spiro atoms. The predicted molar refractivity (Wildman–Crippen MR) is 90.5 cm³/mol. The average molecular weight is 316 g/mol. The van der Waals surface area contributed by atoms with Crippen LogP contribution in [0.2, 0.25) is 0 Å². The van der Waals surface area contributed by atoms with Crippen LogP contribution in [0.4, 0.5) is 0 Å². The quantitative estimate of drug-likeness (QED) is 0.621. The molecule has 0 unspecified atom stereocenters. The summed E-state index contributed by atoms with van der Waals surface area (Å²) >= 11 is 0. The molecule has 0 saturated carbocycles. The minimum atomic E-state index is -0.743. The number of aliphatic carboxylic acids is 1. The molecule has 0 bridgehead atoms. The number of aryl methyl sites for hydroxylation is 1. The van der Waals surface area contributed by atoms with Gasteiger partial charge in [0.05, 0.1) is 6.42 Å². The number of para-hydroxylation sites is 1. The van der Waals surface area contributed by atoms with Gasteiger partial charge in [-0.05, 0) is 31.4 Å². The summed E-state index contributed by atoms with van der Waals surface area (Å²) in [4.78, 5) is 25.8. The van der Waals surface area contributed by atoms with Crippen molar-refractivity contribution in [2.75, 3.05) is 6.54 Å². The smallest absolute Gasteiger partial charge is 0.303 e. The van der Waals surface area contributed by atoms with Crippen LogP contribution >= 0.6 is 0 Å². The maximum absolute atomic E-state index is 12.1. The topological polar surface area (TPSA) is 82.2 Å². The van der Waals surface area contributed by atoms with E-state index in [9.17, 15) is 9.59 Å². The molecular formula is C18H24N2O3. The number of H-pyrrole nitrogens is 1. The lowest BCUT2D eigenvalue weighted by Crippen LogP contribution is -2.26. The van der Waals surface area contributed by atoms with E-state index >= 15 is 0 Å². The van der Waals surface area contributed by atoms with E-state index in [1.165, 1.54) is 0 Å². The second kappa shape index (κ2) is 8.36. The van der Waals surface area contributed by atoms with Crippen molar-refractivity contribution in [2.24, 2.45) is 0 Å². The number of fused-ring (bicyclic) bond motifs is 1. The van der Waals surface area contributed by atoms with E-state index in [4.69, 9.17) is 5.11 Å². The van der Waals surface area contributed by atoms with Crippen LogP contribution in [-0.2, 0) is 16.0 Å². The molecule has 0 radical (unpaired) electrons. The number of benzene rings is 1. The molecule has 0 saturated heterocycles. The lowest BCUT2D eigenvalue weighted by molar-refractivity contribution is -0.137. The van der Waals surface area contributed by atoms with E-state index in [-0.39, 0.29) is 12.3 Å². The number of hydrogen-bond acceptors (Lipinski definition) is 2. The Hall–Kier alpha value is -2.30. The van der Waals surface area contributed by atoms with Gasteiger partial charge in [0, 0.05) is 29.6 Å². The Kier molecular flexibility index (Phi) is 6.20. The van der Waals surface area contributed by atoms with Crippen LogP contribution in [0.3, 0.4) is 0 Å². The number of carboxylic acid groups (broad SMARTS) is 1. The summed E-state index contributed by atoms with van der Waals surface area (Å²) in [5, 5.41) is 12.6. The Morgan fingerprint density at radius 2 is 1.87 bits per heavy atom. The Morgan fingerprint density at radius 1 is 1.13 bits per heavy atom. The van der Waals surface area contributed by atoms with E-state index in [2.05, 4.69) is 10.3 Å². The van der Waals surface area contributed by atoms with Gasteiger partial charge in [0.2, 0.25) is 5.91 Å². The first-order chi connectivity index (χ1) is 11.1. The maximum atomic E-state index is 12.1. The van der Waals surface area contributed by atoms with Crippen LogP contribution in [0, 0.1) is 6.92 Å². The second-order valence-electron chi connectivity index (χ2n) is 5.86. The summed E-state index contributed by atoms with van der Waals surface area (Å²) in [6.45, 7) is 2.64. The Labute approximate surface area is 136 Å². The number of carboxylic acids is 1. The molecule has 0 fully saturated rings. The number of hydrogen-bond donors (Lipinski definition) is 3. The summed E-state index contributed by atoms with van der Waals surface area (Å²) in [5.74, 6) is -0.712. The monoisotopic (exact) mass is 316 g/mol. The summed E-state index contributed by atoms with van der Waals surface area (Å²) in [6, 6.07) is 8.01. The standard InChI is InChI=1S/C18H24N2O3/c1-13-15(14-8-5-6-9-16(14)20-13)12-17(21)19-11-7-3-2-4-10-18(22)23/h5-6,8-9,20H,2-4,7,10-12H2,1H3,(H,19,21)(H,22,23). The molecule has 1 aromatic heterocycles. The lowest BCUT2D eigenvalue weighted by atomic mass is 10.1. The lowest BCUT2D eigenvalue weighted by Gasteiger charge is -2.05. The van der Waals surface area contributed by atoms with Crippen LogP contribution < -0.4 is 5.32 Å². The average Bonchev–Trinajstić information content (AvgIpc) is 2.82. The van der Waals surface area contributed by atoms with Crippen molar-refractivity contribution in [1.82, 2.24) is 10.3 Å². The van der Waals surface area contributed by atoms with Crippen LogP contribution in [0.25, 0.3) is 10.9 Å². The van der Waals surface area contributed by atoms with E-state index in [0.29, 0.717) is 19.4 Å². The maximum Gasteiger partial charge on any atom is 0.303 e. The predicted octanol–water partition coefficient (Wildman–Crippen LogP) is 3.17. The van der Waals surface area contributed by atoms with Gasteiger partial charge in [-0.1, -0.05) is 31.0 Å². The molecule has 0 aliphatic carbocycles. The first-order valence-corrected chi connectivity index (χ1v) is 8.12. The first-order valence-electron chi connectivity index (χ1n) is 8.12. The van der Waals surface area contributed by atoms with Crippen molar-refractivity contribution in [3.63, 3.8) is 0 Å². The second-order valence-corrected chi connectivity index (χ2v) is 5.86. The third-order valence-electron chi connectivity index (χ3n) is 4.00. The van der Waals surface area contributed by atoms with Crippen LogP contribution in [0.5, 0.6) is 0 Å². The number of aromatic amines is 1. The van der Waals surface area contributed by atoms with Crippen molar-refractivity contribution >= 4 is 22.8 Å². The van der Waals surface area contributed by atoms with Crippen LogP contribution in [0.1, 0.15) is 43.4 Å². The van der Waals surface area contributed by atoms with Gasteiger partial charge in [-0.2, -0.15) is 0 Å². The van der Waals surface area contributed by atoms with Gasteiger partial charge in [-0.3, -0.25) is 9.59 Å². The fourth-order valence-corrected chi connectivity index (χ4v) is 2.77. The number of nitrogens with one attached hydrogen (secondary N) is 2. The van der Waals surface area contributed by atoms with Gasteiger partial charge >= 0.3 is 5.97 Å². The fourth-order valence-electron chi connectivity index (χ4n) is 2.77. The molecule has 0 aliphatic rings. The van der Waals surface area contributed by atoms with Crippen molar-refractivity contribution < 1.29 is 14.7 Å². The number of rotatable bonds is 9. The molecule has 1 heterocycles. The minimum Gasteiger partial charge on any atom is -0.481 e. The van der Waals surface area contributed by atoms with Crippen molar-refractivity contribution in [3.8, 4) is 0 Å². The highest BCUT2D eigenvalue weighted by Gasteiger charge is 2.11. The van der Waals surface area contributed by atoms with E-state index in [1.807, 2.05) is 31.2 Å². The number of carbonyl (C=O) groups is 2. The van der Waals surface area contributed by atoms with Gasteiger partial charge in [-0.25, -0.2) is 0 Å². The normalized spacial score (nSPS) is 10.8. The fraction of sp³-hybridized carbons (Fsp3) is 0.444. The van der Waals surface area contributed by atoms with Crippen molar-refractivity contribution in [2.45, 2.75) is 45.4 Å². The van der Waals surface area contributed by atoms with Gasteiger partial charge in [0.15, 0.2) is 0 Å². The number of aromatic nitrogens is 1. The molecule has 0 aliphatic heterocycles. The molecule has 0 atom stereocenters. The molecule has 1 aromatic carbocycles. The van der Waals surface area contributed by atoms with Crippen molar-refractivity contribution in [3.05, 3.63) is 35.5 Å². The Bertz CT molecular complexity index is 676. The SMILES string of the molecule is Cc1[nH]c2ccccc2c1CC(=O)NCCCCCCC(=O)O. The molecule has 2 rings (SSSR count). The zero-order valence-electron chi connectivity index (χ0n) is 13.5. The molecule has 23 heavy (non-hydrogen) atoms. The molecule has 5 heteroatoms. The Morgan fingerprint density at radius 3 is 2.65 bits per heavy atom. The summed E-state index contributed by atoms with van der Waals surface area (Å²) in [7, 11) is 0. The highest BCUT2D eigenvalue weighted by Crippen LogP contribution is 2.22. The largest absolute Gasteiger partial charge is 0.481 e. The highest BCUT2D eigenvalue weighted by atomic mass is 16.4. The zero-order valence-corrected chi connectivity index (χ0v) is 13.5. The molecule has 1 amide bonds. The van der Waals surface area contributed by atoms with Crippen molar-refractivity contribution in [1.29, 1.82) is 0 Å². The zero-order chi connectivity index (χ0) is 16.7. The van der Waals surface area contributed by atoms with Gasteiger partial charge in [-0.15, -0.1) is 0 Å². The van der Waals surface area contributed by atoms with Gasteiger partial charge < -0.3 is 15.4 Å². The minimum absolute atomic E-state index is 0.0309. The molecule has 124 valence electrons. The highest BCUT2D eigenvalue weighted by molar-refractivity contribution is 5.90. The molecular weight excluding hydrogens is 292 g/mol. The number of carbonyl (C=O) groups excluding carboxylic acids is 1. The Balaban J connectivity index is 1.72. The third kappa shape index (κ3) is 5.13. The first kappa shape index (κ1) is 17.1. The third-order valence-corrected chi connectivity index (χ3v) is 4.00. The van der Waals surface area contributed by atoms with E-state index < -0.39 is 5.97 Å². The van der Waals surface area contributed by atoms with Crippen LogP contribution in [-0.4, -0.2) is 28.5 Å².